The summed E-state index contributed by atoms with van der Waals surface area (Å²) in [6.07, 6.45) is 0.160. The van der Waals surface area contributed by atoms with E-state index < -0.39 is 0 Å². The van der Waals surface area contributed by atoms with Crippen molar-refractivity contribution in [1.29, 1.82) is 0 Å². The van der Waals surface area contributed by atoms with Gasteiger partial charge < -0.3 is 10.1 Å². The van der Waals surface area contributed by atoms with Crippen molar-refractivity contribution in [3.63, 3.8) is 0 Å². The molecular formula is C19H26N4O2. The lowest BCUT2D eigenvalue weighted by Crippen LogP contribution is -2.50. The first kappa shape index (κ1) is 17.6. The van der Waals surface area contributed by atoms with E-state index in [1.807, 2.05) is 55.8 Å². The summed E-state index contributed by atoms with van der Waals surface area (Å²) in [5.74, 6) is -0.0141. The van der Waals surface area contributed by atoms with E-state index in [-0.39, 0.29) is 18.1 Å². The van der Waals surface area contributed by atoms with Crippen LogP contribution in [-0.2, 0) is 9.53 Å². The number of hydrogen-bond donors (Lipinski definition) is 1. The van der Waals surface area contributed by atoms with Gasteiger partial charge in [0, 0.05) is 12.6 Å². The van der Waals surface area contributed by atoms with Crippen LogP contribution < -0.4 is 5.32 Å². The Bertz CT molecular complexity index is 741. The standard InChI is InChI=1S/C19H26N4O2/c1-13-12-25-14(2)10-22(13)11-18(24)20-19-15(3)21-23(16(19)4)17-8-6-5-7-9-17/h5-9,13-14H,10-12H2,1-4H3,(H,20,24). The molecule has 6 heteroatoms. The molecule has 1 aromatic carbocycles. The Morgan fingerprint density at radius 3 is 2.72 bits per heavy atom. The molecule has 1 amide bonds. The van der Waals surface area contributed by atoms with Gasteiger partial charge in [0.15, 0.2) is 0 Å². The minimum absolute atomic E-state index is 0.0141. The van der Waals surface area contributed by atoms with E-state index in [1.54, 1.807) is 0 Å². The van der Waals surface area contributed by atoms with Crippen molar-refractivity contribution in [3.05, 3.63) is 41.7 Å². The number of rotatable bonds is 4. The third-order valence-electron chi connectivity index (χ3n) is 4.64. The molecule has 0 radical (unpaired) electrons. The predicted octanol–water partition coefficient (Wildman–Crippen LogP) is 2.54. The maximum Gasteiger partial charge on any atom is 0.238 e. The molecule has 0 spiro atoms. The van der Waals surface area contributed by atoms with Gasteiger partial charge in [0.1, 0.15) is 0 Å². The molecule has 1 N–H and O–H groups in total. The van der Waals surface area contributed by atoms with Crippen molar-refractivity contribution < 1.29 is 9.53 Å². The molecule has 1 aromatic heterocycles. The van der Waals surface area contributed by atoms with Crippen molar-refractivity contribution in [2.75, 3.05) is 25.0 Å². The summed E-state index contributed by atoms with van der Waals surface area (Å²) < 4.78 is 7.49. The molecule has 1 fully saturated rings. The molecule has 2 heterocycles. The van der Waals surface area contributed by atoms with E-state index >= 15 is 0 Å². The van der Waals surface area contributed by atoms with E-state index in [1.165, 1.54) is 0 Å². The van der Waals surface area contributed by atoms with Crippen molar-refractivity contribution >= 4 is 11.6 Å². The topological polar surface area (TPSA) is 59.4 Å². The fourth-order valence-corrected chi connectivity index (χ4v) is 3.20. The zero-order valence-electron chi connectivity index (χ0n) is 15.3. The second-order valence-electron chi connectivity index (χ2n) is 6.76. The molecule has 3 rings (SSSR count). The Balaban J connectivity index is 1.72. The van der Waals surface area contributed by atoms with Gasteiger partial charge in [0.25, 0.3) is 0 Å². The molecule has 0 saturated carbocycles. The van der Waals surface area contributed by atoms with Crippen molar-refractivity contribution in [3.8, 4) is 5.69 Å². The van der Waals surface area contributed by atoms with E-state index in [4.69, 9.17) is 4.74 Å². The second-order valence-corrected chi connectivity index (χ2v) is 6.76. The number of nitrogens with one attached hydrogen (secondary N) is 1. The number of aromatic nitrogens is 2. The zero-order valence-corrected chi connectivity index (χ0v) is 15.3. The van der Waals surface area contributed by atoms with E-state index in [2.05, 4.69) is 22.2 Å². The minimum atomic E-state index is -0.0141. The summed E-state index contributed by atoms with van der Waals surface area (Å²) in [5, 5.41) is 7.62. The number of carbonyl (C=O) groups excluding carboxylic acids is 1. The van der Waals surface area contributed by atoms with Gasteiger partial charge in [-0.05, 0) is 39.8 Å². The van der Waals surface area contributed by atoms with Crippen LogP contribution in [0.1, 0.15) is 25.2 Å². The number of nitrogens with zero attached hydrogens (tertiary/aromatic N) is 3. The van der Waals surface area contributed by atoms with E-state index in [0.717, 1.165) is 29.3 Å². The number of aryl methyl sites for hydroxylation is 1. The highest BCUT2D eigenvalue weighted by atomic mass is 16.5. The van der Waals surface area contributed by atoms with E-state index in [9.17, 15) is 4.79 Å². The Morgan fingerprint density at radius 1 is 1.28 bits per heavy atom. The third kappa shape index (κ3) is 3.91. The van der Waals surface area contributed by atoms with Crippen molar-refractivity contribution in [2.45, 2.75) is 39.8 Å². The Kier molecular flexibility index (Phi) is 5.20. The number of carbonyl (C=O) groups is 1. The van der Waals surface area contributed by atoms with Crippen LogP contribution in [0.2, 0.25) is 0 Å². The van der Waals surface area contributed by atoms with Gasteiger partial charge in [-0.2, -0.15) is 5.10 Å². The highest BCUT2D eigenvalue weighted by Gasteiger charge is 2.25. The van der Waals surface area contributed by atoms with Crippen LogP contribution in [0, 0.1) is 13.8 Å². The quantitative estimate of drug-likeness (QED) is 0.928. The average Bonchev–Trinajstić information content (AvgIpc) is 2.87. The van der Waals surface area contributed by atoms with Gasteiger partial charge in [-0.25, -0.2) is 4.68 Å². The molecule has 1 aliphatic heterocycles. The predicted molar refractivity (Wildman–Crippen MR) is 98.1 cm³/mol. The molecule has 2 unspecified atom stereocenters. The minimum Gasteiger partial charge on any atom is -0.376 e. The summed E-state index contributed by atoms with van der Waals surface area (Å²) in [4.78, 5) is 14.7. The summed E-state index contributed by atoms with van der Waals surface area (Å²) in [5.41, 5.74) is 3.53. The van der Waals surface area contributed by atoms with Gasteiger partial charge >= 0.3 is 0 Å². The first-order valence-corrected chi connectivity index (χ1v) is 8.73. The van der Waals surface area contributed by atoms with Crippen LogP contribution >= 0.6 is 0 Å². The van der Waals surface area contributed by atoms with Gasteiger partial charge in [-0.1, -0.05) is 18.2 Å². The molecule has 6 nitrogen and oxygen atoms in total. The monoisotopic (exact) mass is 342 g/mol. The molecule has 1 saturated heterocycles. The van der Waals surface area contributed by atoms with Crippen molar-refractivity contribution in [1.82, 2.24) is 14.7 Å². The maximum absolute atomic E-state index is 12.6. The third-order valence-corrected chi connectivity index (χ3v) is 4.64. The maximum atomic E-state index is 12.6. The van der Waals surface area contributed by atoms with Gasteiger partial charge in [-0.3, -0.25) is 9.69 Å². The number of amides is 1. The molecular weight excluding hydrogens is 316 g/mol. The summed E-state index contributed by atoms with van der Waals surface area (Å²) in [6, 6.07) is 10.2. The molecule has 134 valence electrons. The number of morpholine rings is 1. The molecule has 2 atom stereocenters. The normalized spacial score (nSPS) is 21.3. The van der Waals surface area contributed by atoms with Gasteiger partial charge in [0.05, 0.1) is 42.0 Å². The molecule has 0 aliphatic carbocycles. The Morgan fingerprint density at radius 2 is 2.00 bits per heavy atom. The lowest BCUT2D eigenvalue weighted by molar-refractivity contribution is -0.121. The summed E-state index contributed by atoms with van der Waals surface area (Å²) in [6.45, 7) is 9.82. The number of hydrogen-bond acceptors (Lipinski definition) is 4. The van der Waals surface area contributed by atoms with Gasteiger partial charge in [0.2, 0.25) is 5.91 Å². The number of ether oxygens (including phenoxy) is 1. The van der Waals surface area contributed by atoms with Crippen LogP contribution in [0.25, 0.3) is 5.69 Å². The number of anilines is 1. The second kappa shape index (κ2) is 7.37. The van der Waals surface area contributed by atoms with Crippen molar-refractivity contribution in [2.24, 2.45) is 0 Å². The first-order valence-electron chi connectivity index (χ1n) is 8.73. The lowest BCUT2D eigenvalue weighted by Gasteiger charge is -2.36. The van der Waals surface area contributed by atoms with Crippen LogP contribution in [0.3, 0.4) is 0 Å². The number of benzene rings is 1. The van der Waals surface area contributed by atoms with Crippen LogP contribution in [0.15, 0.2) is 30.3 Å². The molecule has 2 aromatic rings. The fourth-order valence-electron chi connectivity index (χ4n) is 3.20. The molecule has 25 heavy (non-hydrogen) atoms. The largest absolute Gasteiger partial charge is 0.376 e. The van der Waals surface area contributed by atoms with Gasteiger partial charge in [-0.15, -0.1) is 0 Å². The van der Waals surface area contributed by atoms with Crippen LogP contribution in [0.5, 0.6) is 0 Å². The zero-order chi connectivity index (χ0) is 18.0. The summed E-state index contributed by atoms with van der Waals surface area (Å²) in [7, 11) is 0. The summed E-state index contributed by atoms with van der Waals surface area (Å²) >= 11 is 0. The fraction of sp³-hybridized carbons (Fsp3) is 0.474. The van der Waals surface area contributed by atoms with E-state index in [0.29, 0.717) is 13.2 Å². The smallest absolute Gasteiger partial charge is 0.238 e. The SMILES string of the molecule is Cc1nn(-c2ccccc2)c(C)c1NC(=O)CN1CC(C)OCC1C. The van der Waals surface area contributed by atoms with Crippen LogP contribution in [0.4, 0.5) is 5.69 Å². The highest BCUT2D eigenvalue weighted by Crippen LogP contribution is 2.23. The number of para-hydroxylation sites is 1. The lowest BCUT2D eigenvalue weighted by atomic mass is 10.2. The Hall–Kier alpha value is -2.18. The molecule has 0 bridgehead atoms. The molecule has 1 aliphatic rings. The Labute approximate surface area is 148 Å². The average molecular weight is 342 g/mol. The first-order chi connectivity index (χ1) is 12.0. The highest BCUT2D eigenvalue weighted by molar-refractivity contribution is 5.93. The van der Waals surface area contributed by atoms with Crippen LogP contribution in [-0.4, -0.2) is 52.4 Å².